The molecule has 1 aromatic carbocycles. The molecule has 0 bridgehead atoms. The van der Waals surface area contributed by atoms with Gasteiger partial charge in [0.15, 0.2) is 0 Å². The number of carboxylic acid groups (broad SMARTS) is 1. The van der Waals surface area contributed by atoms with E-state index in [-0.39, 0.29) is 16.5 Å². The molecule has 5 N–H and O–H groups in total. The summed E-state index contributed by atoms with van der Waals surface area (Å²) in [5, 5.41) is 37.0. The van der Waals surface area contributed by atoms with Gasteiger partial charge >= 0.3 is 5.97 Å². The first-order valence-electron chi connectivity index (χ1n) is 4.36. The minimum absolute atomic E-state index is 0.117. The Labute approximate surface area is 90.9 Å². The summed E-state index contributed by atoms with van der Waals surface area (Å²) < 4.78 is 0. The Balaban J connectivity index is 2.95. The van der Waals surface area contributed by atoms with Crippen LogP contribution < -0.4 is 11.0 Å². The Hall–Kier alpha value is -1.67. The maximum Gasteiger partial charge on any atom is 0.323 e. The molecule has 7 nitrogen and oxygen atoms in total. The molecule has 0 spiro atoms. The van der Waals surface area contributed by atoms with Crippen LogP contribution >= 0.6 is 0 Å². The van der Waals surface area contributed by atoms with Crippen LogP contribution in [0.3, 0.4) is 0 Å². The van der Waals surface area contributed by atoms with E-state index in [4.69, 9.17) is 16.0 Å². The third-order valence-electron chi connectivity index (χ3n) is 2.06. The number of aliphatic carboxylic acids is 1. The zero-order valence-corrected chi connectivity index (χ0v) is 8.15. The predicted molar refractivity (Wildman–Crippen MR) is 54.6 cm³/mol. The van der Waals surface area contributed by atoms with Crippen molar-refractivity contribution in [2.45, 2.75) is 12.1 Å². The van der Waals surface area contributed by atoms with Crippen LogP contribution in [-0.4, -0.2) is 27.4 Å². The number of carboxylic acids is 1. The average molecular weight is 227 g/mol. The van der Waals surface area contributed by atoms with E-state index in [1.165, 1.54) is 18.2 Å². The number of aliphatic hydroxyl groups excluding tert-OH is 1. The van der Waals surface area contributed by atoms with Gasteiger partial charge in [0.1, 0.15) is 12.1 Å². The molecule has 0 heterocycles. The zero-order valence-electron chi connectivity index (χ0n) is 8.15. The van der Waals surface area contributed by atoms with E-state index in [0.29, 0.717) is 0 Å². The van der Waals surface area contributed by atoms with Gasteiger partial charge in [0.2, 0.25) is 0 Å². The van der Waals surface area contributed by atoms with E-state index in [1.54, 1.807) is 0 Å². The Morgan fingerprint density at radius 3 is 2.62 bits per heavy atom. The van der Waals surface area contributed by atoms with Crippen molar-refractivity contribution in [1.82, 2.24) is 0 Å². The van der Waals surface area contributed by atoms with Gasteiger partial charge in [-0.1, -0.05) is 12.1 Å². The van der Waals surface area contributed by atoms with Gasteiger partial charge in [0.25, 0.3) is 0 Å². The molecule has 0 aliphatic carbocycles. The lowest BCUT2D eigenvalue weighted by atomic mass is 10.0. The fourth-order valence-corrected chi connectivity index (χ4v) is 1.17. The highest BCUT2D eigenvalue weighted by molar-refractivity contribution is 5.74. The predicted octanol–water partition coefficient (Wildman–Crippen LogP) is -0.175. The highest BCUT2D eigenvalue weighted by Crippen LogP contribution is 2.21. The van der Waals surface area contributed by atoms with Crippen molar-refractivity contribution in [3.8, 4) is 0 Å². The van der Waals surface area contributed by atoms with Gasteiger partial charge in [0, 0.05) is 0 Å². The largest absolute Gasteiger partial charge is 0.733 e. The topological polar surface area (TPSA) is 130 Å². The van der Waals surface area contributed by atoms with Gasteiger partial charge in [0.05, 0.1) is 5.69 Å². The van der Waals surface area contributed by atoms with E-state index in [9.17, 15) is 15.1 Å². The molecule has 0 fully saturated rings. The number of nitrogens with two attached hydrogens (primary N) is 1. The maximum absolute atomic E-state index is 10.6. The third kappa shape index (κ3) is 2.67. The second-order valence-electron chi connectivity index (χ2n) is 3.18. The standard InChI is InChI=1S/C9H11N2O5/c10-7(9(13)14)8(12)5-2-1-3-6(4-5)11(15)16/h1-4,7-8,12,15H,10H2,(H,13,14)/q-1. The van der Waals surface area contributed by atoms with E-state index >= 15 is 0 Å². The zero-order chi connectivity index (χ0) is 12.3. The van der Waals surface area contributed by atoms with E-state index in [0.717, 1.165) is 6.07 Å². The molecule has 0 saturated carbocycles. The molecular weight excluding hydrogens is 216 g/mol. The van der Waals surface area contributed by atoms with Crippen LogP contribution in [0.1, 0.15) is 11.7 Å². The minimum atomic E-state index is -1.49. The van der Waals surface area contributed by atoms with Crippen molar-refractivity contribution < 1.29 is 20.2 Å². The van der Waals surface area contributed by atoms with Crippen LogP contribution in [0.4, 0.5) is 5.69 Å². The van der Waals surface area contributed by atoms with Gasteiger partial charge in [-0.25, -0.2) is 0 Å². The quantitative estimate of drug-likeness (QED) is 0.525. The Morgan fingerprint density at radius 1 is 1.50 bits per heavy atom. The molecule has 7 heteroatoms. The summed E-state index contributed by atoms with van der Waals surface area (Å²) in [6, 6.07) is 3.76. The smallest absolute Gasteiger partial charge is 0.323 e. The average Bonchev–Trinajstić information content (AvgIpc) is 2.27. The molecule has 16 heavy (non-hydrogen) atoms. The van der Waals surface area contributed by atoms with Crippen molar-refractivity contribution in [1.29, 1.82) is 0 Å². The second-order valence-corrected chi connectivity index (χ2v) is 3.18. The second kappa shape index (κ2) is 4.90. The maximum atomic E-state index is 10.6. The molecule has 2 unspecified atom stereocenters. The summed E-state index contributed by atoms with van der Waals surface area (Å²) in [6.07, 6.45) is -1.45. The number of aliphatic hydroxyl groups is 1. The normalized spacial score (nSPS) is 14.2. The molecule has 0 amide bonds. The summed E-state index contributed by atoms with van der Waals surface area (Å²) in [5.74, 6) is -1.36. The molecule has 0 aliphatic rings. The molecule has 1 rings (SSSR count). The molecule has 0 saturated heterocycles. The van der Waals surface area contributed by atoms with Crippen molar-refractivity contribution >= 4 is 11.7 Å². The number of rotatable bonds is 4. The molecule has 2 atom stereocenters. The van der Waals surface area contributed by atoms with E-state index < -0.39 is 18.1 Å². The molecular formula is C9H11N2O5-. The summed E-state index contributed by atoms with van der Waals surface area (Å²) >= 11 is 0. The summed E-state index contributed by atoms with van der Waals surface area (Å²) in [7, 11) is 0. The van der Waals surface area contributed by atoms with Gasteiger partial charge in [-0.05, 0) is 17.7 Å². The number of hydrogen-bond donors (Lipinski definition) is 4. The van der Waals surface area contributed by atoms with Gasteiger partial charge in [-0.3, -0.25) is 10.0 Å². The van der Waals surface area contributed by atoms with Crippen LogP contribution in [0.2, 0.25) is 0 Å². The SMILES string of the molecule is NC(C(=O)O)C(O)c1cccc(N([O-])O)c1. The minimum Gasteiger partial charge on any atom is -0.733 e. The molecule has 0 aromatic heterocycles. The number of nitrogens with zero attached hydrogens (tertiary/aromatic N) is 1. The first-order valence-corrected chi connectivity index (χ1v) is 4.36. The third-order valence-corrected chi connectivity index (χ3v) is 2.06. The molecule has 0 aliphatic heterocycles. The van der Waals surface area contributed by atoms with Gasteiger partial charge < -0.3 is 26.4 Å². The van der Waals surface area contributed by atoms with Crippen molar-refractivity contribution in [3.05, 3.63) is 35.0 Å². The molecule has 0 radical (unpaired) electrons. The Kier molecular flexibility index (Phi) is 3.80. The van der Waals surface area contributed by atoms with Crippen LogP contribution in [0.15, 0.2) is 24.3 Å². The molecule has 88 valence electrons. The summed E-state index contributed by atoms with van der Waals surface area (Å²) in [4.78, 5) is 10.5. The number of benzene rings is 1. The lowest BCUT2D eigenvalue weighted by Gasteiger charge is -2.23. The van der Waals surface area contributed by atoms with Gasteiger partial charge in [-0.15, -0.1) is 0 Å². The summed E-state index contributed by atoms with van der Waals surface area (Å²) in [6.45, 7) is 0. The monoisotopic (exact) mass is 227 g/mol. The van der Waals surface area contributed by atoms with E-state index in [2.05, 4.69) is 0 Å². The first kappa shape index (κ1) is 12.4. The first-order chi connectivity index (χ1) is 7.43. The van der Waals surface area contributed by atoms with Crippen LogP contribution in [-0.2, 0) is 4.79 Å². The lowest BCUT2D eigenvalue weighted by molar-refractivity contribution is -0.141. The van der Waals surface area contributed by atoms with Crippen LogP contribution in [0.25, 0.3) is 0 Å². The highest BCUT2D eigenvalue weighted by atomic mass is 16.8. The highest BCUT2D eigenvalue weighted by Gasteiger charge is 2.23. The van der Waals surface area contributed by atoms with E-state index in [1.807, 2.05) is 0 Å². The molecule has 1 aromatic rings. The van der Waals surface area contributed by atoms with Crippen LogP contribution in [0, 0.1) is 5.21 Å². The fourth-order valence-electron chi connectivity index (χ4n) is 1.17. The van der Waals surface area contributed by atoms with Crippen molar-refractivity contribution in [3.63, 3.8) is 0 Å². The van der Waals surface area contributed by atoms with Crippen molar-refractivity contribution in [2.24, 2.45) is 5.73 Å². The summed E-state index contributed by atoms with van der Waals surface area (Å²) in [5.41, 5.74) is 5.24. The number of carbonyl (C=O) groups is 1. The number of hydrogen-bond acceptors (Lipinski definition) is 6. The fraction of sp³-hybridized carbons (Fsp3) is 0.222. The van der Waals surface area contributed by atoms with Crippen molar-refractivity contribution in [2.75, 3.05) is 5.23 Å². The Bertz CT molecular complexity index is 382. The van der Waals surface area contributed by atoms with Gasteiger partial charge in [-0.2, -0.15) is 0 Å². The Morgan fingerprint density at radius 2 is 2.12 bits per heavy atom. The lowest BCUT2D eigenvalue weighted by Crippen LogP contribution is -2.36. The number of anilines is 1. The van der Waals surface area contributed by atoms with Crippen LogP contribution in [0.5, 0.6) is 0 Å².